The Morgan fingerprint density at radius 3 is 2.73 bits per heavy atom. The topological polar surface area (TPSA) is 110 Å². The molecule has 0 aliphatic carbocycles. The van der Waals surface area contributed by atoms with Crippen molar-refractivity contribution in [3.05, 3.63) is 34.9 Å². The number of nitrogens with one attached hydrogen (secondary N) is 2. The van der Waals surface area contributed by atoms with Crippen molar-refractivity contribution in [2.45, 2.75) is 30.7 Å². The van der Waals surface area contributed by atoms with Crippen molar-refractivity contribution >= 4 is 44.0 Å². The number of hydrogen-bond donors (Lipinski definition) is 2. The highest BCUT2D eigenvalue weighted by Crippen LogP contribution is 2.22. The molecule has 0 aliphatic heterocycles. The van der Waals surface area contributed by atoms with Gasteiger partial charge in [0, 0.05) is 13.2 Å². The lowest BCUT2D eigenvalue weighted by molar-refractivity contribution is 0.0778. The monoisotopic (exact) mass is 418 g/mol. The molecule has 142 valence electrons. The Balaban J connectivity index is 1.93. The second kappa shape index (κ2) is 9.38. The number of halogens is 1. The van der Waals surface area contributed by atoms with Gasteiger partial charge in [0.25, 0.3) is 15.9 Å². The van der Waals surface area contributed by atoms with Crippen LogP contribution in [0.15, 0.2) is 28.6 Å². The second-order valence-corrected chi connectivity index (χ2v) is 8.80. The molecule has 2 N–H and O–H groups in total. The first-order chi connectivity index (χ1) is 12.3. The van der Waals surface area contributed by atoms with Gasteiger partial charge in [-0.05, 0) is 32.4 Å². The van der Waals surface area contributed by atoms with Crippen LogP contribution >= 0.6 is 22.9 Å². The number of amides is 1. The first kappa shape index (κ1) is 20.7. The lowest BCUT2D eigenvalue weighted by Gasteiger charge is -2.07. The van der Waals surface area contributed by atoms with Crippen molar-refractivity contribution < 1.29 is 17.9 Å². The van der Waals surface area contributed by atoms with Gasteiger partial charge in [-0.25, -0.2) is 13.1 Å². The molecule has 0 saturated carbocycles. The zero-order valence-electron chi connectivity index (χ0n) is 14.2. The van der Waals surface area contributed by atoms with Crippen molar-refractivity contribution in [3.8, 4) is 0 Å². The molecule has 0 spiro atoms. The molecule has 1 amide bonds. The van der Waals surface area contributed by atoms with Crippen LogP contribution in [0.4, 0.5) is 5.13 Å². The molecule has 2 aromatic rings. The number of aromatic nitrogens is 2. The number of hydrogen-bond acceptors (Lipinski definition) is 7. The summed E-state index contributed by atoms with van der Waals surface area (Å²) in [5.41, 5.74) is 0.261. The molecule has 0 bridgehead atoms. The summed E-state index contributed by atoms with van der Waals surface area (Å²) in [5, 5.41) is 10.2. The summed E-state index contributed by atoms with van der Waals surface area (Å²) in [6, 6.07) is 6.51. The van der Waals surface area contributed by atoms with Gasteiger partial charge in [0.2, 0.25) is 9.47 Å². The maximum Gasteiger partial charge on any atom is 0.269 e. The summed E-state index contributed by atoms with van der Waals surface area (Å²) in [6.07, 6.45) is 0.630. The predicted molar refractivity (Wildman–Crippen MR) is 100 cm³/mol. The SMILES string of the molecule is CC(C)OCCCNS(=O)(=O)c1nnc(NC(=O)c2ccccc2Cl)s1. The fourth-order valence-corrected chi connectivity index (χ4v) is 4.07. The van der Waals surface area contributed by atoms with Crippen LogP contribution in [0.2, 0.25) is 5.02 Å². The minimum absolute atomic E-state index is 0.0680. The molecule has 0 unspecified atom stereocenters. The van der Waals surface area contributed by atoms with Crippen LogP contribution in [0.1, 0.15) is 30.6 Å². The molecule has 0 aliphatic rings. The molecule has 0 atom stereocenters. The second-order valence-electron chi connectivity index (χ2n) is 5.48. The fraction of sp³-hybridized carbons (Fsp3) is 0.400. The van der Waals surface area contributed by atoms with E-state index >= 15 is 0 Å². The summed E-state index contributed by atoms with van der Waals surface area (Å²) in [5.74, 6) is -0.491. The van der Waals surface area contributed by atoms with Gasteiger partial charge in [-0.3, -0.25) is 10.1 Å². The smallest absolute Gasteiger partial charge is 0.269 e. The van der Waals surface area contributed by atoms with E-state index in [4.69, 9.17) is 16.3 Å². The summed E-state index contributed by atoms with van der Waals surface area (Å²) < 4.78 is 31.9. The van der Waals surface area contributed by atoms with Gasteiger partial charge in [0.05, 0.1) is 16.7 Å². The molecule has 11 heteroatoms. The van der Waals surface area contributed by atoms with Crippen molar-refractivity contribution in [1.82, 2.24) is 14.9 Å². The Hall–Kier alpha value is -1.59. The number of carbonyl (C=O) groups excluding carboxylic acids is 1. The lowest BCUT2D eigenvalue weighted by Crippen LogP contribution is -2.25. The third-order valence-electron chi connectivity index (χ3n) is 3.04. The number of ether oxygens (including phenoxy) is 1. The summed E-state index contributed by atoms with van der Waals surface area (Å²) in [7, 11) is -3.79. The minimum atomic E-state index is -3.79. The van der Waals surface area contributed by atoms with E-state index in [1.54, 1.807) is 24.3 Å². The van der Waals surface area contributed by atoms with E-state index in [-0.39, 0.29) is 32.7 Å². The van der Waals surface area contributed by atoms with E-state index in [0.29, 0.717) is 13.0 Å². The number of benzene rings is 1. The third-order valence-corrected chi connectivity index (χ3v) is 6.04. The van der Waals surface area contributed by atoms with Gasteiger partial charge in [0.15, 0.2) is 0 Å². The van der Waals surface area contributed by atoms with Crippen molar-refractivity contribution in [2.75, 3.05) is 18.5 Å². The van der Waals surface area contributed by atoms with Crippen LogP contribution in [0.3, 0.4) is 0 Å². The van der Waals surface area contributed by atoms with E-state index in [0.717, 1.165) is 11.3 Å². The van der Waals surface area contributed by atoms with E-state index in [2.05, 4.69) is 20.2 Å². The van der Waals surface area contributed by atoms with Gasteiger partial charge in [-0.2, -0.15) is 0 Å². The van der Waals surface area contributed by atoms with Crippen molar-refractivity contribution in [1.29, 1.82) is 0 Å². The average molecular weight is 419 g/mol. The molecule has 1 heterocycles. The number of anilines is 1. The molecule has 1 aromatic heterocycles. The van der Waals surface area contributed by atoms with Gasteiger partial charge >= 0.3 is 0 Å². The molecular weight excluding hydrogens is 400 g/mol. The number of carbonyl (C=O) groups is 1. The molecule has 2 rings (SSSR count). The largest absolute Gasteiger partial charge is 0.379 e. The Labute approximate surface area is 161 Å². The highest BCUT2D eigenvalue weighted by atomic mass is 35.5. The first-order valence-corrected chi connectivity index (χ1v) is 10.5. The normalized spacial score (nSPS) is 11.7. The Bertz CT molecular complexity index is 855. The summed E-state index contributed by atoms with van der Waals surface area (Å²) >= 11 is 6.71. The standard InChI is InChI=1S/C15H19ClN4O4S2/c1-10(2)24-9-5-8-17-26(22,23)15-20-19-14(25-15)18-13(21)11-6-3-4-7-12(11)16/h3-4,6-7,10,17H,5,8-9H2,1-2H3,(H,18,19,21). The Morgan fingerprint density at radius 1 is 1.31 bits per heavy atom. The maximum atomic E-state index is 12.2. The molecule has 0 fully saturated rings. The van der Waals surface area contributed by atoms with Crippen LogP contribution in [-0.2, 0) is 14.8 Å². The third kappa shape index (κ3) is 5.99. The molecule has 8 nitrogen and oxygen atoms in total. The lowest BCUT2D eigenvalue weighted by atomic mass is 10.2. The molecular formula is C15H19ClN4O4S2. The fourth-order valence-electron chi connectivity index (χ4n) is 1.84. The summed E-state index contributed by atoms with van der Waals surface area (Å²) in [6.45, 7) is 4.49. The maximum absolute atomic E-state index is 12.2. The minimum Gasteiger partial charge on any atom is -0.379 e. The van der Waals surface area contributed by atoms with E-state index in [1.807, 2.05) is 13.8 Å². The average Bonchev–Trinajstić information content (AvgIpc) is 3.04. The van der Waals surface area contributed by atoms with Crippen LogP contribution in [0.25, 0.3) is 0 Å². The van der Waals surface area contributed by atoms with Gasteiger partial charge in [0.1, 0.15) is 0 Å². The van der Waals surface area contributed by atoms with Crippen molar-refractivity contribution in [2.24, 2.45) is 0 Å². The quantitative estimate of drug-likeness (QED) is 0.478. The number of sulfonamides is 1. The van der Waals surface area contributed by atoms with Gasteiger partial charge in [-0.1, -0.05) is 35.1 Å². The van der Waals surface area contributed by atoms with Gasteiger partial charge in [-0.15, -0.1) is 10.2 Å². The van der Waals surface area contributed by atoms with Crippen LogP contribution in [0, 0.1) is 0 Å². The Kier molecular flexibility index (Phi) is 7.47. The van der Waals surface area contributed by atoms with Gasteiger partial charge < -0.3 is 4.74 Å². The molecule has 1 aromatic carbocycles. The Morgan fingerprint density at radius 2 is 2.04 bits per heavy atom. The number of rotatable bonds is 9. The molecule has 0 radical (unpaired) electrons. The predicted octanol–water partition coefficient (Wildman–Crippen LogP) is 2.54. The van der Waals surface area contributed by atoms with E-state index in [1.165, 1.54) is 0 Å². The van der Waals surface area contributed by atoms with Crippen LogP contribution < -0.4 is 10.0 Å². The zero-order chi connectivity index (χ0) is 19.2. The highest BCUT2D eigenvalue weighted by Gasteiger charge is 2.21. The first-order valence-electron chi connectivity index (χ1n) is 7.80. The van der Waals surface area contributed by atoms with Crippen LogP contribution in [-0.4, -0.2) is 43.8 Å². The highest BCUT2D eigenvalue weighted by molar-refractivity contribution is 7.91. The van der Waals surface area contributed by atoms with E-state index < -0.39 is 15.9 Å². The summed E-state index contributed by atoms with van der Waals surface area (Å²) in [4.78, 5) is 12.2. The van der Waals surface area contributed by atoms with Crippen molar-refractivity contribution in [3.63, 3.8) is 0 Å². The van der Waals surface area contributed by atoms with Crippen LogP contribution in [0.5, 0.6) is 0 Å². The zero-order valence-corrected chi connectivity index (χ0v) is 16.6. The number of nitrogens with zero attached hydrogens (tertiary/aromatic N) is 2. The molecule has 0 saturated heterocycles. The van der Waals surface area contributed by atoms with E-state index in [9.17, 15) is 13.2 Å². The molecule has 26 heavy (non-hydrogen) atoms.